The first-order valence-corrected chi connectivity index (χ1v) is 6.84. The average Bonchev–Trinajstić information content (AvgIpc) is 3.06. The van der Waals surface area contributed by atoms with Gasteiger partial charge in [-0.25, -0.2) is 0 Å². The van der Waals surface area contributed by atoms with Gasteiger partial charge in [-0.1, -0.05) is 0 Å². The first-order chi connectivity index (χ1) is 8.85. The van der Waals surface area contributed by atoms with Gasteiger partial charge >= 0.3 is 0 Å². The number of aliphatic hydroxyl groups excluding tert-OH is 1. The molecule has 1 saturated carbocycles. The van der Waals surface area contributed by atoms with Gasteiger partial charge in [-0.3, -0.25) is 10.00 Å². The van der Waals surface area contributed by atoms with Gasteiger partial charge in [0, 0.05) is 38.4 Å². The second-order valence-electron chi connectivity index (χ2n) is 5.35. The van der Waals surface area contributed by atoms with Gasteiger partial charge in [0.05, 0.1) is 12.3 Å². The SMILES string of the molecule is OCCc1cc(C2CN(CC3CC3)CCO2)n[nH]1. The summed E-state index contributed by atoms with van der Waals surface area (Å²) in [7, 11) is 0. The van der Waals surface area contributed by atoms with E-state index in [2.05, 4.69) is 15.1 Å². The van der Waals surface area contributed by atoms with E-state index in [1.165, 1.54) is 19.4 Å². The van der Waals surface area contributed by atoms with Crippen molar-refractivity contribution in [2.75, 3.05) is 32.8 Å². The van der Waals surface area contributed by atoms with Crippen LogP contribution >= 0.6 is 0 Å². The quantitative estimate of drug-likeness (QED) is 0.810. The fourth-order valence-electron chi connectivity index (χ4n) is 2.51. The standard InChI is InChI=1S/C13H21N3O2/c17-5-3-11-7-12(15-14-11)13-9-16(4-6-18-13)8-10-1-2-10/h7,10,13,17H,1-6,8-9H2,(H,14,15). The van der Waals surface area contributed by atoms with Gasteiger partial charge < -0.3 is 9.84 Å². The molecule has 2 aliphatic rings. The summed E-state index contributed by atoms with van der Waals surface area (Å²) >= 11 is 0. The van der Waals surface area contributed by atoms with Crippen molar-refractivity contribution in [1.82, 2.24) is 15.1 Å². The highest BCUT2D eigenvalue weighted by atomic mass is 16.5. The maximum Gasteiger partial charge on any atom is 0.114 e. The van der Waals surface area contributed by atoms with Crippen LogP contribution in [0.1, 0.15) is 30.3 Å². The molecule has 1 aromatic rings. The van der Waals surface area contributed by atoms with Gasteiger partial charge in [0.2, 0.25) is 0 Å². The van der Waals surface area contributed by atoms with E-state index in [1.54, 1.807) is 0 Å². The molecule has 1 aromatic heterocycles. The number of nitrogens with zero attached hydrogens (tertiary/aromatic N) is 2. The first-order valence-electron chi connectivity index (χ1n) is 6.84. The largest absolute Gasteiger partial charge is 0.396 e. The van der Waals surface area contributed by atoms with Gasteiger partial charge in [-0.2, -0.15) is 5.10 Å². The molecule has 0 radical (unpaired) electrons. The Bertz CT molecular complexity index is 389. The molecule has 2 fully saturated rings. The van der Waals surface area contributed by atoms with E-state index in [4.69, 9.17) is 9.84 Å². The second kappa shape index (κ2) is 5.38. The molecule has 1 aliphatic heterocycles. The molecule has 0 amide bonds. The van der Waals surface area contributed by atoms with Crippen LogP contribution in [-0.2, 0) is 11.2 Å². The molecule has 1 unspecified atom stereocenters. The Kier molecular flexibility index (Phi) is 3.63. The third kappa shape index (κ3) is 2.91. The number of rotatable bonds is 5. The van der Waals surface area contributed by atoms with Gasteiger partial charge in [0.1, 0.15) is 6.10 Å². The van der Waals surface area contributed by atoms with Crippen molar-refractivity contribution in [3.63, 3.8) is 0 Å². The number of morpholine rings is 1. The third-order valence-corrected chi connectivity index (χ3v) is 3.73. The van der Waals surface area contributed by atoms with Gasteiger partial charge in [0.15, 0.2) is 0 Å². The Hall–Kier alpha value is -0.910. The van der Waals surface area contributed by atoms with E-state index in [1.807, 2.05) is 6.07 Å². The van der Waals surface area contributed by atoms with Crippen LogP contribution in [0.2, 0.25) is 0 Å². The lowest BCUT2D eigenvalue weighted by Gasteiger charge is -2.32. The van der Waals surface area contributed by atoms with Crippen molar-refractivity contribution in [3.05, 3.63) is 17.5 Å². The minimum absolute atomic E-state index is 0.0844. The van der Waals surface area contributed by atoms with E-state index in [0.717, 1.165) is 37.0 Å². The molecule has 0 bridgehead atoms. The average molecular weight is 251 g/mol. The molecule has 0 spiro atoms. The lowest BCUT2D eigenvalue weighted by atomic mass is 10.1. The summed E-state index contributed by atoms with van der Waals surface area (Å²) in [6.07, 6.45) is 3.50. The van der Waals surface area contributed by atoms with Crippen molar-refractivity contribution in [1.29, 1.82) is 0 Å². The van der Waals surface area contributed by atoms with Crippen LogP contribution in [0.4, 0.5) is 0 Å². The van der Waals surface area contributed by atoms with Gasteiger partial charge in [-0.15, -0.1) is 0 Å². The van der Waals surface area contributed by atoms with Crippen LogP contribution in [0.25, 0.3) is 0 Å². The zero-order valence-electron chi connectivity index (χ0n) is 10.6. The molecule has 0 aromatic carbocycles. The molecule has 5 nitrogen and oxygen atoms in total. The van der Waals surface area contributed by atoms with Gasteiger partial charge in [0.25, 0.3) is 0 Å². The summed E-state index contributed by atoms with van der Waals surface area (Å²) in [6, 6.07) is 2.02. The Morgan fingerprint density at radius 2 is 2.39 bits per heavy atom. The van der Waals surface area contributed by atoms with Crippen LogP contribution in [-0.4, -0.2) is 53.1 Å². The van der Waals surface area contributed by atoms with E-state index >= 15 is 0 Å². The molecule has 1 saturated heterocycles. The van der Waals surface area contributed by atoms with Gasteiger partial charge in [-0.05, 0) is 24.8 Å². The summed E-state index contributed by atoms with van der Waals surface area (Å²) in [4.78, 5) is 2.49. The number of aromatic amines is 1. The summed E-state index contributed by atoms with van der Waals surface area (Å²) < 4.78 is 5.80. The predicted octanol–water partition coefficient (Wildman–Crippen LogP) is 0.728. The van der Waals surface area contributed by atoms with Crippen molar-refractivity contribution < 1.29 is 9.84 Å². The Morgan fingerprint density at radius 1 is 1.50 bits per heavy atom. The Balaban J connectivity index is 1.59. The van der Waals surface area contributed by atoms with Crippen molar-refractivity contribution in [2.24, 2.45) is 5.92 Å². The molecular weight excluding hydrogens is 230 g/mol. The number of aliphatic hydroxyl groups is 1. The second-order valence-corrected chi connectivity index (χ2v) is 5.35. The molecule has 5 heteroatoms. The summed E-state index contributed by atoms with van der Waals surface area (Å²) in [6.45, 7) is 4.15. The normalized spacial score (nSPS) is 25.5. The topological polar surface area (TPSA) is 61.4 Å². The van der Waals surface area contributed by atoms with Crippen LogP contribution in [0.5, 0.6) is 0 Å². The summed E-state index contributed by atoms with van der Waals surface area (Å²) in [5.74, 6) is 0.924. The zero-order valence-corrected chi connectivity index (χ0v) is 10.6. The molecule has 18 heavy (non-hydrogen) atoms. The lowest BCUT2D eigenvalue weighted by molar-refractivity contribution is -0.0334. The number of H-pyrrole nitrogens is 1. The maximum absolute atomic E-state index is 8.90. The Labute approximate surface area is 107 Å². The van der Waals surface area contributed by atoms with E-state index in [9.17, 15) is 0 Å². The number of aromatic nitrogens is 2. The fraction of sp³-hybridized carbons (Fsp3) is 0.769. The third-order valence-electron chi connectivity index (χ3n) is 3.73. The fourth-order valence-corrected chi connectivity index (χ4v) is 2.51. The van der Waals surface area contributed by atoms with E-state index < -0.39 is 0 Å². The highest BCUT2D eigenvalue weighted by Crippen LogP contribution is 2.31. The van der Waals surface area contributed by atoms with Crippen LogP contribution in [0, 0.1) is 5.92 Å². The molecule has 2 heterocycles. The minimum atomic E-state index is 0.0844. The summed E-state index contributed by atoms with van der Waals surface area (Å²) in [5.41, 5.74) is 1.95. The van der Waals surface area contributed by atoms with Crippen molar-refractivity contribution in [2.45, 2.75) is 25.4 Å². The molecule has 100 valence electrons. The van der Waals surface area contributed by atoms with Crippen LogP contribution < -0.4 is 0 Å². The molecule has 3 rings (SSSR count). The number of nitrogens with one attached hydrogen (secondary N) is 1. The molecule has 2 N–H and O–H groups in total. The first kappa shape index (κ1) is 12.1. The van der Waals surface area contributed by atoms with E-state index in [-0.39, 0.29) is 12.7 Å². The zero-order chi connectivity index (χ0) is 12.4. The van der Waals surface area contributed by atoms with E-state index in [0.29, 0.717) is 6.42 Å². The Morgan fingerprint density at radius 3 is 3.17 bits per heavy atom. The monoisotopic (exact) mass is 251 g/mol. The smallest absolute Gasteiger partial charge is 0.114 e. The number of ether oxygens (including phenoxy) is 1. The molecule has 1 aliphatic carbocycles. The number of hydrogen-bond donors (Lipinski definition) is 2. The van der Waals surface area contributed by atoms with Crippen LogP contribution in [0.3, 0.4) is 0 Å². The maximum atomic E-state index is 8.90. The number of hydrogen-bond acceptors (Lipinski definition) is 4. The summed E-state index contributed by atoms with van der Waals surface area (Å²) in [5, 5.41) is 16.2. The van der Waals surface area contributed by atoms with Crippen LogP contribution in [0.15, 0.2) is 6.07 Å². The van der Waals surface area contributed by atoms with Crippen molar-refractivity contribution in [3.8, 4) is 0 Å². The van der Waals surface area contributed by atoms with Crippen molar-refractivity contribution >= 4 is 0 Å². The highest BCUT2D eigenvalue weighted by molar-refractivity contribution is 5.12. The highest BCUT2D eigenvalue weighted by Gasteiger charge is 2.29. The lowest BCUT2D eigenvalue weighted by Crippen LogP contribution is -2.39. The molecule has 1 atom stereocenters. The molecular formula is C13H21N3O2. The predicted molar refractivity (Wildman–Crippen MR) is 67.2 cm³/mol. The minimum Gasteiger partial charge on any atom is -0.396 e.